The first-order valence-electron chi connectivity index (χ1n) is 4.71. The molecule has 1 aromatic heterocycles. The van der Waals surface area contributed by atoms with E-state index in [9.17, 15) is 4.39 Å². The third-order valence-corrected chi connectivity index (χ3v) is 2.22. The van der Waals surface area contributed by atoms with Crippen molar-refractivity contribution in [2.75, 3.05) is 0 Å². The molecule has 1 N–H and O–H groups in total. The largest absolute Gasteiger partial charge is 0.207 e. The number of benzene rings is 1. The van der Waals surface area contributed by atoms with Crippen molar-refractivity contribution >= 4 is 0 Å². The molecule has 0 spiro atoms. The van der Waals surface area contributed by atoms with Crippen molar-refractivity contribution in [1.82, 2.24) is 20.6 Å². The summed E-state index contributed by atoms with van der Waals surface area (Å²) in [5.74, 6) is 0.427. The van der Waals surface area contributed by atoms with Crippen LogP contribution in [0.4, 0.5) is 4.39 Å². The van der Waals surface area contributed by atoms with Crippen LogP contribution in [0.15, 0.2) is 18.2 Å². The highest BCUT2D eigenvalue weighted by atomic mass is 19.1. The van der Waals surface area contributed by atoms with E-state index in [0.29, 0.717) is 17.3 Å². The van der Waals surface area contributed by atoms with Crippen LogP contribution in [-0.4, -0.2) is 20.6 Å². The minimum absolute atomic E-state index is 0. The van der Waals surface area contributed by atoms with E-state index in [0.717, 1.165) is 5.56 Å². The summed E-state index contributed by atoms with van der Waals surface area (Å²) in [5, 5.41) is 13.5. The third-order valence-electron chi connectivity index (χ3n) is 2.22. The minimum atomic E-state index is -0.292. The quantitative estimate of drug-likeness (QED) is 0.824. The summed E-state index contributed by atoms with van der Waals surface area (Å²) in [6.07, 6.45) is 0. The Morgan fingerprint density at radius 2 is 2.20 bits per heavy atom. The van der Waals surface area contributed by atoms with Gasteiger partial charge in [0.05, 0.1) is 0 Å². The normalized spacial score (nSPS) is 10.9. The Labute approximate surface area is 88.0 Å². The molecule has 0 bridgehead atoms. The Hall–Kier alpha value is -1.78. The van der Waals surface area contributed by atoms with Gasteiger partial charge in [0.2, 0.25) is 5.82 Å². The van der Waals surface area contributed by atoms with E-state index >= 15 is 0 Å². The molecule has 80 valence electrons. The summed E-state index contributed by atoms with van der Waals surface area (Å²) in [6, 6.07) is 4.63. The highest BCUT2D eigenvalue weighted by molar-refractivity contribution is 5.60. The van der Waals surface area contributed by atoms with Crippen molar-refractivity contribution in [2.24, 2.45) is 0 Å². The highest BCUT2D eigenvalue weighted by Crippen LogP contribution is 2.26. The molecule has 0 aliphatic heterocycles. The van der Waals surface area contributed by atoms with Gasteiger partial charge in [0.25, 0.3) is 0 Å². The van der Waals surface area contributed by atoms with Gasteiger partial charge in [-0.1, -0.05) is 19.9 Å². The van der Waals surface area contributed by atoms with Gasteiger partial charge in [-0.15, -0.1) is 10.2 Å². The lowest BCUT2D eigenvalue weighted by molar-refractivity contribution is 0.626. The van der Waals surface area contributed by atoms with E-state index in [1.807, 2.05) is 13.8 Å². The van der Waals surface area contributed by atoms with E-state index in [-0.39, 0.29) is 7.24 Å². The van der Waals surface area contributed by atoms with E-state index in [1.165, 1.54) is 12.1 Å². The number of hydrogen-bond donors (Lipinski definition) is 1. The van der Waals surface area contributed by atoms with E-state index < -0.39 is 0 Å². The molecule has 0 saturated carbocycles. The standard InChI is InChI=1S/C10H11FN4.H2/c1-6(2)8-4-3-7(11)5-9(8)10-12-14-15-13-10;/h3-6H,1-2H3,(H,12,13,14,15);1H. The number of hydrogen-bond acceptors (Lipinski definition) is 3. The fourth-order valence-corrected chi connectivity index (χ4v) is 1.50. The van der Waals surface area contributed by atoms with Crippen LogP contribution >= 0.6 is 0 Å². The van der Waals surface area contributed by atoms with Gasteiger partial charge in [-0.3, -0.25) is 0 Å². The molecule has 0 amide bonds. The summed E-state index contributed by atoms with van der Waals surface area (Å²) in [7, 11) is 0. The molecule has 2 aromatic rings. The maximum Gasteiger partial charge on any atom is 0.205 e. The molecule has 5 heteroatoms. The molecule has 1 aromatic carbocycles. The molecule has 4 nitrogen and oxygen atoms in total. The van der Waals surface area contributed by atoms with Crippen LogP contribution in [0.25, 0.3) is 11.4 Å². The molecule has 0 atom stereocenters. The minimum Gasteiger partial charge on any atom is -0.207 e. The van der Waals surface area contributed by atoms with E-state index in [4.69, 9.17) is 0 Å². The van der Waals surface area contributed by atoms with Crippen LogP contribution in [-0.2, 0) is 0 Å². The molecule has 15 heavy (non-hydrogen) atoms. The molecule has 0 saturated heterocycles. The van der Waals surface area contributed by atoms with Gasteiger partial charge < -0.3 is 0 Å². The van der Waals surface area contributed by atoms with Crippen LogP contribution < -0.4 is 0 Å². The van der Waals surface area contributed by atoms with Crippen LogP contribution in [0.2, 0.25) is 0 Å². The molecule has 0 aliphatic rings. The molecular formula is C10H13FN4. The fourth-order valence-electron chi connectivity index (χ4n) is 1.50. The van der Waals surface area contributed by atoms with Gasteiger partial charge in [0.15, 0.2) is 0 Å². The Kier molecular flexibility index (Phi) is 2.45. The van der Waals surface area contributed by atoms with E-state index in [2.05, 4.69) is 20.6 Å². The maximum atomic E-state index is 13.1. The number of tetrazole rings is 1. The van der Waals surface area contributed by atoms with Gasteiger partial charge in [-0.05, 0) is 28.8 Å². The molecule has 0 fully saturated rings. The second-order valence-electron chi connectivity index (χ2n) is 3.62. The summed E-state index contributed by atoms with van der Waals surface area (Å²) in [6.45, 7) is 4.08. The first-order valence-corrected chi connectivity index (χ1v) is 4.71. The van der Waals surface area contributed by atoms with Crippen molar-refractivity contribution in [3.05, 3.63) is 29.6 Å². The number of nitrogens with zero attached hydrogens (tertiary/aromatic N) is 3. The first-order chi connectivity index (χ1) is 7.18. The molecule has 0 aliphatic carbocycles. The topological polar surface area (TPSA) is 54.5 Å². The smallest absolute Gasteiger partial charge is 0.205 e. The van der Waals surface area contributed by atoms with Gasteiger partial charge in [-0.25, -0.2) is 4.39 Å². The SMILES string of the molecule is CC(C)c1ccc(F)cc1-c1nn[nH]n1.[HH]. The zero-order chi connectivity index (χ0) is 10.8. The van der Waals surface area contributed by atoms with Crippen molar-refractivity contribution in [3.8, 4) is 11.4 Å². The predicted molar refractivity (Wildman–Crippen MR) is 55.8 cm³/mol. The molecule has 0 unspecified atom stereocenters. The predicted octanol–water partition coefficient (Wildman–Crippen LogP) is 2.38. The Bertz CT molecular complexity index is 456. The molecule has 1 heterocycles. The van der Waals surface area contributed by atoms with Gasteiger partial charge in [-0.2, -0.15) is 5.21 Å². The number of aromatic amines is 1. The van der Waals surface area contributed by atoms with Crippen LogP contribution in [0.1, 0.15) is 26.8 Å². The number of H-pyrrole nitrogens is 1. The van der Waals surface area contributed by atoms with Crippen LogP contribution in [0.5, 0.6) is 0 Å². The molecule has 0 radical (unpaired) electrons. The number of nitrogens with one attached hydrogen (secondary N) is 1. The monoisotopic (exact) mass is 208 g/mol. The first kappa shape index (κ1) is 9.76. The zero-order valence-corrected chi connectivity index (χ0v) is 8.53. The van der Waals surface area contributed by atoms with Crippen molar-refractivity contribution < 1.29 is 5.82 Å². The Morgan fingerprint density at radius 1 is 1.40 bits per heavy atom. The molecular weight excluding hydrogens is 195 g/mol. The summed E-state index contributed by atoms with van der Waals surface area (Å²) in [4.78, 5) is 0. The Balaban J connectivity index is 0.00000128. The van der Waals surface area contributed by atoms with Crippen molar-refractivity contribution in [2.45, 2.75) is 19.8 Å². The average molecular weight is 208 g/mol. The van der Waals surface area contributed by atoms with E-state index in [1.54, 1.807) is 6.07 Å². The third kappa shape index (κ3) is 1.86. The lowest BCUT2D eigenvalue weighted by atomic mass is 9.97. The van der Waals surface area contributed by atoms with Crippen molar-refractivity contribution in [3.63, 3.8) is 0 Å². The second kappa shape index (κ2) is 3.76. The summed E-state index contributed by atoms with van der Waals surface area (Å²) in [5.41, 5.74) is 1.71. The van der Waals surface area contributed by atoms with Gasteiger partial charge in [0.1, 0.15) is 5.82 Å². The fraction of sp³-hybridized carbons (Fsp3) is 0.300. The number of rotatable bonds is 2. The summed E-state index contributed by atoms with van der Waals surface area (Å²) >= 11 is 0. The summed E-state index contributed by atoms with van der Waals surface area (Å²) < 4.78 is 13.1. The number of halogens is 1. The lowest BCUT2D eigenvalue weighted by Crippen LogP contribution is -1.95. The zero-order valence-electron chi connectivity index (χ0n) is 8.53. The second-order valence-corrected chi connectivity index (χ2v) is 3.62. The van der Waals surface area contributed by atoms with Crippen LogP contribution in [0, 0.1) is 5.82 Å². The number of aromatic nitrogens is 4. The highest BCUT2D eigenvalue weighted by Gasteiger charge is 2.12. The van der Waals surface area contributed by atoms with Crippen molar-refractivity contribution in [1.29, 1.82) is 0 Å². The van der Waals surface area contributed by atoms with Crippen LogP contribution in [0.3, 0.4) is 0 Å². The lowest BCUT2D eigenvalue weighted by Gasteiger charge is -2.09. The average Bonchev–Trinajstić information content (AvgIpc) is 2.69. The maximum absolute atomic E-state index is 13.1. The molecule has 2 rings (SSSR count). The van der Waals surface area contributed by atoms with Gasteiger partial charge in [0, 0.05) is 6.99 Å². The van der Waals surface area contributed by atoms with Gasteiger partial charge >= 0.3 is 0 Å². The Morgan fingerprint density at radius 3 is 2.80 bits per heavy atom.